The van der Waals surface area contributed by atoms with Crippen LogP contribution in [-0.4, -0.2) is 5.37 Å². The van der Waals surface area contributed by atoms with Crippen LogP contribution in [0.5, 0.6) is 0 Å². The molecule has 0 atom stereocenters. The summed E-state index contributed by atoms with van der Waals surface area (Å²) in [7, 11) is 0. The summed E-state index contributed by atoms with van der Waals surface area (Å²) in [4.78, 5) is 0. The normalized spacial score (nSPS) is 17.0. The Hall–Kier alpha value is -0.560. The molecule has 0 aromatic carbocycles. The molecule has 0 radical (unpaired) electrons. The summed E-state index contributed by atoms with van der Waals surface area (Å²) < 4.78 is 0. The Morgan fingerprint density at radius 3 is 3.38 bits per heavy atom. The number of allylic oxidation sites excluding steroid dienone is 3. The van der Waals surface area contributed by atoms with Gasteiger partial charge in [0.2, 0.25) is 0 Å². The van der Waals surface area contributed by atoms with E-state index in [1.165, 1.54) is 0 Å². The van der Waals surface area contributed by atoms with Gasteiger partial charge < -0.3 is 0 Å². The Kier molecular flexibility index (Phi) is 2.40. The van der Waals surface area contributed by atoms with Crippen LogP contribution in [0.3, 0.4) is 0 Å². The van der Waals surface area contributed by atoms with E-state index >= 15 is 0 Å². The first-order valence-electron chi connectivity index (χ1n) is 2.62. The molecular weight excluding hydrogens is 116 g/mol. The average molecular weight is 124 g/mol. The van der Waals surface area contributed by atoms with Crippen molar-refractivity contribution in [1.29, 1.82) is 0 Å². The Morgan fingerprint density at radius 1 is 1.38 bits per heavy atom. The maximum absolute atomic E-state index is 2.14. The monoisotopic (exact) mass is 124 g/mol. The van der Waals surface area contributed by atoms with Crippen LogP contribution in [0.4, 0.5) is 0 Å². The van der Waals surface area contributed by atoms with Gasteiger partial charge in [0, 0.05) is 0 Å². The first-order chi connectivity index (χ1) is 4.00. The molecule has 0 saturated heterocycles. The van der Waals surface area contributed by atoms with Crippen molar-refractivity contribution in [3.63, 3.8) is 0 Å². The summed E-state index contributed by atoms with van der Waals surface area (Å²) in [5.41, 5.74) is 0. The van der Waals surface area contributed by atoms with Gasteiger partial charge in [-0.05, 0) is 6.08 Å². The van der Waals surface area contributed by atoms with Crippen LogP contribution in [0.25, 0.3) is 0 Å². The number of hydrogen-bond donors (Lipinski definition) is 0. The van der Waals surface area contributed by atoms with Crippen LogP contribution in [0.15, 0.2) is 24.3 Å². The summed E-state index contributed by atoms with van der Waals surface area (Å²) in [5, 5.41) is 2.07. The third kappa shape index (κ3) is 1.94. The molecule has 0 unspecified atom stereocenters. The lowest BCUT2D eigenvalue weighted by atomic mass is 10.3. The minimum atomic E-state index is 1.06. The van der Waals surface area contributed by atoms with E-state index in [0.29, 0.717) is 0 Å². The third-order valence-corrected chi connectivity index (χ3v) is 1.49. The molecule has 1 heteroatoms. The largest absolute Gasteiger partial charge is 0.222 e. The van der Waals surface area contributed by atoms with Gasteiger partial charge in [0.05, 0.1) is 5.75 Å². The van der Waals surface area contributed by atoms with Gasteiger partial charge in [-0.1, -0.05) is 12.5 Å². The average Bonchev–Trinajstić information content (AvgIpc) is 1.62. The molecular formula is C7H8S. The van der Waals surface area contributed by atoms with Gasteiger partial charge in [0.1, 0.15) is 11.4 Å². The van der Waals surface area contributed by atoms with Gasteiger partial charge in [-0.25, -0.2) is 6.08 Å². The fourth-order valence-corrected chi connectivity index (χ4v) is 0.977. The first-order valence-corrected chi connectivity index (χ1v) is 3.56. The topological polar surface area (TPSA) is 0 Å². The van der Waals surface area contributed by atoms with Crippen molar-refractivity contribution in [2.45, 2.75) is 6.42 Å². The van der Waals surface area contributed by atoms with Crippen LogP contribution >= 0.6 is 0 Å². The van der Waals surface area contributed by atoms with Crippen molar-refractivity contribution < 1.29 is 0 Å². The van der Waals surface area contributed by atoms with E-state index in [9.17, 15) is 0 Å². The molecule has 0 aromatic heterocycles. The Morgan fingerprint density at radius 2 is 2.38 bits per heavy atom. The molecule has 0 spiro atoms. The zero-order valence-electron chi connectivity index (χ0n) is 4.58. The maximum atomic E-state index is 2.14. The van der Waals surface area contributed by atoms with Crippen molar-refractivity contribution in [1.82, 2.24) is 0 Å². The second kappa shape index (κ2) is 3.44. The fourth-order valence-electron chi connectivity index (χ4n) is 0.483. The lowest BCUT2D eigenvalue weighted by Crippen LogP contribution is -1.73. The third-order valence-electron chi connectivity index (χ3n) is 0.859. The minimum Gasteiger partial charge on any atom is -0.222 e. The molecule has 0 bridgehead atoms. The van der Waals surface area contributed by atoms with Crippen LogP contribution in [0, 0.1) is 5.75 Å². The molecule has 1 aliphatic heterocycles. The van der Waals surface area contributed by atoms with Gasteiger partial charge in [-0.3, -0.25) is 0 Å². The lowest BCUT2D eigenvalue weighted by Gasteiger charge is -1.85. The predicted molar refractivity (Wildman–Crippen MR) is 40.6 cm³/mol. The number of hydrogen-bond acceptors (Lipinski definition) is 0. The van der Waals surface area contributed by atoms with E-state index in [1.807, 2.05) is 0 Å². The van der Waals surface area contributed by atoms with Crippen molar-refractivity contribution in [2.75, 3.05) is 0 Å². The van der Waals surface area contributed by atoms with E-state index in [1.54, 1.807) is 11.4 Å². The lowest BCUT2D eigenvalue weighted by molar-refractivity contribution is 1.40. The van der Waals surface area contributed by atoms with Gasteiger partial charge in [-0.2, -0.15) is 6.08 Å². The molecule has 0 aromatic rings. The van der Waals surface area contributed by atoms with Crippen LogP contribution in [0.2, 0.25) is 0 Å². The Balaban J connectivity index is 2.51. The standard InChI is InChI=1S/C7H8S/c1-2-4-6-8-7-5-3-1/h2-7H,1H2. The second-order valence-electron chi connectivity index (χ2n) is 1.50. The molecule has 0 aliphatic carbocycles. The highest BCUT2D eigenvalue weighted by molar-refractivity contribution is 7.79. The van der Waals surface area contributed by atoms with Crippen molar-refractivity contribution in [2.24, 2.45) is 0 Å². The van der Waals surface area contributed by atoms with E-state index in [0.717, 1.165) is 6.42 Å². The van der Waals surface area contributed by atoms with E-state index in [4.69, 9.17) is 0 Å². The van der Waals surface area contributed by atoms with Gasteiger partial charge >= 0.3 is 0 Å². The maximum Gasteiger partial charge on any atom is 0.174 e. The molecule has 0 N–H and O–H groups in total. The van der Waals surface area contributed by atoms with Crippen molar-refractivity contribution in [3.05, 3.63) is 30.1 Å². The summed E-state index contributed by atoms with van der Waals surface area (Å²) >= 11 is 1.71. The van der Waals surface area contributed by atoms with Crippen LogP contribution < -0.4 is 0 Å². The second-order valence-corrected chi connectivity index (χ2v) is 2.32. The van der Waals surface area contributed by atoms with Crippen molar-refractivity contribution >= 4 is 16.7 Å². The molecule has 42 valence electrons. The van der Waals surface area contributed by atoms with Gasteiger partial charge in [0.15, 0.2) is 5.37 Å². The smallest absolute Gasteiger partial charge is 0.174 e. The Bertz CT molecular complexity index is 115. The van der Waals surface area contributed by atoms with Gasteiger partial charge in [0.25, 0.3) is 0 Å². The molecule has 0 nitrogen and oxygen atoms in total. The SMILES string of the molecule is C1=CCC=C[CH-][S+]=C1. The highest BCUT2D eigenvalue weighted by Gasteiger charge is 1.78. The zero-order valence-corrected chi connectivity index (χ0v) is 5.40. The minimum absolute atomic E-state index is 1.06. The first kappa shape index (κ1) is 5.57. The quantitative estimate of drug-likeness (QED) is 0.261. The summed E-state index contributed by atoms with van der Waals surface area (Å²) in [6.07, 6.45) is 9.48. The highest BCUT2D eigenvalue weighted by Crippen LogP contribution is 1.89. The molecule has 0 fully saturated rings. The zero-order chi connectivity index (χ0) is 5.66. The van der Waals surface area contributed by atoms with Crippen LogP contribution in [-0.2, 0) is 11.4 Å². The van der Waals surface area contributed by atoms with E-state index < -0.39 is 0 Å². The number of rotatable bonds is 0. The summed E-state index contributed by atoms with van der Waals surface area (Å²) in [6, 6.07) is 0. The fraction of sp³-hybridized carbons (Fsp3) is 0.143. The molecule has 0 saturated carbocycles. The molecule has 0 amide bonds. The molecule has 1 rings (SSSR count). The molecule has 1 aliphatic rings. The van der Waals surface area contributed by atoms with Gasteiger partial charge in [-0.15, -0.1) is 0 Å². The highest BCUT2D eigenvalue weighted by atomic mass is 32.1. The Labute approximate surface area is 53.9 Å². The summed E-state index contributed by atoms with van der Waals surface area (Å²) in [6.45, 7) is 0. The van der Waals surface area contributed by atoms with E-state index in [-0.39, 0.29) is 0 Å². The van der Waals surface area contributed by atoms with Crippen molar-refractivity contribution in [3.8, 4) is 0 Å². The molecule has 1 heterocycles. The van der Waals surface area contributed by atoms with E-state index in [2.05, 4.69) is 35.4 Å². The molecule has 8 heavy (non-hydrogen) atoms. The summed E-state index contributed by atoms with van der Waals surface area (Å²) in [5.74, 6) is 2.07. The van der Waals surface area contributed by atoms with Crippen LogP contribution in [0.1, 0.15) is 6.42 Å². The predicted octanol–water partition coefficient (Wildman–Crippen LogP) is 1.55.